The molecule has 178 valence electrons. The minimum atomic E-state index is -1.07. The predicted molar refractivity (Wildman–Crippen MR) is 117 cm³/mol. The zero-order valence-corrected chi connectivity index (χ0v) is 18.4. The second-order valence-corrected chi connectivity index (χ2v) is 7.39. The monoisotopic (exact) mass is 471 g/mol. The van der Waals surface area contributed by atoms with Crippen molar-refractivity contribution in [3.63, 3.8) is 0 Å². The first-order valence-corrected chi connectivity index (χ1v) is 10.3. The van der Waals surface area contributed by atoms with Gasteiger partial charge in [-0.25, -0.2) is 14.2 Å². The maximum atomic E-state index is 15.1. The maximum Gasteiger partial charge on any atom is 0.404 e. The van der Waals surface area contributed by atoms with Crippen LogP contribution in [0.15, 0.2) is 30.6 Å². The Morgan fingerprint density at radius 3 is 2.76 bits per heavy atom. The Morgan fingerprint density at radius 2 is 2.06 bits per heavy atom. The summed E-state index contributed by atoms with van der Waals surface area (Å²) in [5, 5.41) is 27.3. The van der Waals surface area contributed by atoms with E-state index in [0.29, 0.717) is 48.0 Å². The van der Waals surface area contributed by atoms with E-state index in [1.54, 1.807) is 6.07 Å². The molecule has 13 heteroatoms. The number of aromatic nitrogens is 5. The average Bonchev–Trinajstić information content (AvgIpc) is 3.31. The van der Waals surface area contributed by atoms with Gasteiger partial charge in [-0.3, -0.25) is 0 Å². The second-order valence-electron chi connectivity index (χ2n) is 7.39. The molecule has 1 aliphatic rings. The van der Waals surface area contributed by atoms with Crippen molar-refractivity contribution in [1.82, 2.24) is 30.7 Å². The summed E-state index contributed by atoms with van der Waals surface area (Å²) in [6.07, 6.45) is 2.44. The summed E-state index contributed by atoms with van der Waals surface area (Å²) in [4.78, 5) is 17.0. The Hall–Kier alpha value is -4.13. The summed E-state index contributed by atoms with van der Waals surface area (Å²) < 4.78 is 30.9. The van der Waals surface area contributed by atoms with Gasteiger partial charge in [0.15, 0.2) is 6.79 Å². The van der Waals surface area contributed by atoms with Crippen LogP contribution in [0.4, 0.5) is 15.1 Å². The summed E-state index contributed by atoms with van der Waals surface area (Å²) in [6.45, 7) is 0.948. The van der Waals surface area contributed by atoms with Crippen molar-refractivity contribution in [2.45, 2.75) is 12.5 Å². The number of hydrogen-bond acceptors (Lipinski definition) is 10. The molecule has 12 nitrogen and oxygen atoms in total. The molecule has 1 saturated heterocycles. The van der Waals surface area contributed by atoms with Crippen molar-refractivity contribution in [2.24, 2.45) is 0 Å². The standard InChI is InChI=1S/C21H22FN7O5/c1-32-11-34-18-7-14(12-5-19(33-2)27-24-8-12)16(22)6-15(18)17-9-23-20(28-26-17)29-4-3-13(10-29)25-21(30)31/h5-9,13,25H,3-4,10-11H2,1-2H3,(H,30,31)/t13-/m0/s1. The molecule has 0 bridgehead atoms. The molecule has 0 aliphatic carbocycles. The van der Waals surface area contributed by atoms with Gasteiger partial charge in [0.2, 0.25) is 11.8 Å². The van der Waals surface area contributed by atoms with Crippen molar-refractivity contribution in [2.75, 3.05) is 39.0 Å². The van der Waals surface area contributed by atoms with Crippen LogP contribution in [0.1, 0.15) is 6.42 Å². The lowest BCUT2D eigenvalue weighted by molar-refractivity contribution is 0.0515. The van der Waals surface area contributed by atoms with Crippen LogP contribution in [-0.4, -0.2) is 76.7 Å². The largest absolute Gasteiger partial charge is 0.480 e. The van der Waals surface area contributed by atoms with Crippen LogP contribution in [0.5, 0.6) is 11.6 Å². The maximum absolute atomic E-state index is 15.1. The molecule has 34 heavy (non-hydrogen) atoms. The van der Waals surface area contributed by atoms with Crippen LogP contribution < -0.4 is 19.7 Å². The molecule has 2 aromatic heterocycles. The molecule has 0 saturated carbocycles. The molecule has 0 unspecified atom stereocenters. The highest BCUT2D eigenvalue weighted by molar-refractivity contribution is 5.75. The lowest BCUT2D eigenvalue weighted by Gasteiger charge is -2.16. The number of hydrogen-bond donors (Lipinski definition) is 2. The van der Waals surface area contributed by atoms with E-state index in [1.165, 1.54) is 38.7 Å². The zero-order chi connectivity index (χ0) is 24.1. The molecule has 1 atom stereocenters. The lowest BCUT2D eigenvalue weighted by atomic mass is 10.0. The first-order chi connectivity index (χ1) is 16.5. The third-order valence-corrected chi connectivity index (χ3v) is 5.18. The van der Waals surface area contributed by atoms with Crippen molar-refractivity contribution in [1.29, 1.82) is 0 Å². The van der Waals surface area contributed by atoms with Gasteiger partial charge in [-0.05, 0) is 18.6 Å². The molecule has 4 rings (SSSR count). The van der Waals surface area contributed by atoms with Crippen molar-refractivity contribution >= 4 is 12.0 Å². The summed E-state index contributed by atoms with van der Waals surface area (Å²) in [5.74, 6) is 0.367. The van der Waals surface area contributed by atoms with Gasteiger partial charge >= 0.3 is 6.09 Å². The Balaban J connectivity index is 1.62. The fraction of sp³-hybridized carbons (Fsp3) is 0.333. The van der Waals surface area contributed by atoms with Crippen molar-refractivity contribution in [3.8, 4) is 34.0 Å². The van der Waals surface area contributed by atoms with Gasteiger partial charge in [0.1, 0.15) is 17.3 Å². The van der Waals surface area contributed by atoms with Crippen molar-refractivity contribution in [3.05, 3.63) is 36.4 Å². The fourth-order valence-electron chi connectivity index (χ4n) is 3.58. The van der Waals surface area contributed by atoms with Gasteiger partial charge in [0.05, 0.1) is 25.5 Å². The van der Waals surface area contributed by atoms with E-state index >= 15 is 4.39 Å². The molecule has 0 radical (unpaired) electrons. The smallest absolute Gasteiger partial charge is 0.404 e. The minimum absolute atomic E-state index is 0.0688. The number of benzene rings is 1. The molecular formula is C21H22FN7O5. The first-order valence-electron chi connectivity index (χ1n) is 10.3. The van der Waals surface area contributed by atoms with Gasteiger partial charge in [0, 0.05) is 43.0 Å². The third kappa shape index (κ3) is 5.09. The number of nitrogens with zero attached hydrogens (tertiary/aromatic N) is 6. The average molecular weight is 471 g/mol. The summed E-state index contributed by atoms with van der Waals surface area (Å²) in [6, 6.07) is 4.14. The summed E-state index contributed by atoms with van der Waals surface area (Å²) in [7, 11) is 2.92. The summed E-state index contributed by atoms with van der Waals surface area (Å²) >= 11 is 0. The SMILES string of the molecule is COCOc1cc(-c2cnnc(OC)c2)c(F)cc1-c1cnc(N2CC[C@H](NC(=O)O)C2)nn1. The van der Waals surface area contributed by atoms with Gasteiger partial charge in [-0.15, -0.1) is 15.3 Å². The number of carboxylic acid groups (broad SMARTS) is 1. The molecule has 2 N–H and O–H groups in total. The molecule has 3 aromatic rings. The molecule has 3 heterocycles. The highest BCUT2D eigenvalue weighted by Crippen LogP contribution is 2.36. The molecule has 1 amide bonds. The van der Waals surface area contributed by atoms with E-state index in [4.69, 9.17) is 19.3 Å². The minimum Gasteiger partial charge on any atom is -0.480 e. The van der Waals surface area contributed by atoms with E-state index in [1.807, 2.05) is 4.90 Å². The highest BCUT2D eigenvalue weighted by atomic mass is 19.1. The van der Waals surface area contributed by atoms with Gasteiger partial charge < -0.3 is 29.5 Å². The van der Waals surface area contributed by atoms with Crippen LogP contribution in [0.3, 0.4) is 0 Å². The number of anilines is 1. The molecule has 1 aliphatic heterocycles. The van der Waals surface area contributed by atoms with Crippen LogP contribution in [-0.2, 0) is 4.74 Å². The van der Waals surface area contributed by atoms with E-state index < -0.39 is 11.9 Å². The van der Waals surface area contributed by atoms with Gasteiger partial charge in [-0.1, -0.05) is 0 Å². The quantitative estimate of drug-likeness (QED) is 0.465. The van der Waals surface area contributed by atoms with Crippen molar-refractivity contribution < 1.29 is 28.5 Å². The Morgan fingerprint density at radius 1 is 1.21 bits per heavy atom. The Labute approximate surface area is 193 Å². The second kappa shape index (κ2) is 10.2. The van der Waals surface area contributed by atoms with E-state index in [9.17, 15) is 4.79 Å². The van der Waals surface area contributed by atoms with Crippen LogP contribution >= 0.6 is 0 Å². The number of nitrogens with one attached hydrogen (secondary N) is 1. The van der Waals surface area contributed by atoms with E-state index in [2.05, 4.69) is 30.7 Å². The summed E-state index contributed by atoms with van der Waals surface area (Å²) in [5.41, 5.74) is 1.32. The predicted octanol–water partition coefficient (Wildman–Crippen LogP) is 1.97. The zero-order valence-electron chi connectivity index (χ0n) is 18.4. The number of methoxy groups -OCH3 is 2. The molecule has 0 spiro atoms. The number of rotatable bonds is 8. The van der Waals surface area contributed by atoms with Crippen LogP contribution in [0.2, 0.25) is 0 Å². The number of carbonyl (C=O) groups is 1. The fourth-order valence-corrected chi connectivity index (χ4v) is 3.58. The van der Waals surface area contributed by atoms with Crippen LogP contribution in [0, 0.1) is 5.82 Å². The third-order valence-electron chi connectivity index (χ3n) is 5.18. The van der Waals surface area contributed by atoms with Gasteiger partial charge in [-0.2, -0.15) is 5.10 Å². The topological polar surface area (TPSA) is 145 Å². The van der Waals surface area contributed by atoms with Gasteiger partial charge in [0.25, 0.3) is 0 Å². The molecule has 1 aromatic carbocycles. The number of halogens is 1. The lowest BCUT2D eigenvalue weighted by Crippen LogP contribution is -2.36. The van der Waals surface area contributed by atoms with E-state index in [0.717, 1.165) is 0 Å². The highest BCUT2D eigenvalue weighted by Gasteiger charge is 2.26. The molecular weight excluding hydrogens is 449 g/mol. The first kappa shape index (κ1) is 23.0. The number of amides is 1. The normalized spacial score (nSPS) is 15.3. The Kier molecular flexibility index (Phi) is 6.92. The number of ether oxygens (including phenoxy) is 3. The Bertz CT molecular complexity index is 1160. The van der Waals surface area contributed by atoms with E-state index in [-0.39, 0.29) is 24.3 Å². The molecule has 1 fully saturated rings. The van der Waals surface area contributed by atoms with Crippen LogP contribution in [0.25, 0.3) is 22.4 Å².